The van der Waals surface area contributed by atoms with Crippen LogP contribution in [0.1, 0.15) is 38.4 Å². The van der Waals surface area contributed by atoms with Gasteiger partial charge in [0.25, 0.3) is 0 Å². The number of amides is 1. The van der Waals surface area contributed by atoms with Gasteiger partial charge >= 0.3 is 0 Å². The van der Waals surface area contributed by atoms with E-state index in [1.165, 1.54) is 11.3 Å². The van der Waals surface area contributed by atoms with E-state index in [1.807, 2.05) is 30.0 Å². The topological polar surface area (TPSA) is 97.5 Å². The van der Waals surface area contributed by atoms with Gasteiger partial charge in [-0.1, -0.05) is 19.9 Å². The van der Waals surface area contributed by atoms with Crippen LogP contribution in [0.4, 0.5) is 5.69 Å². The lowest BCUT2D eigenvalue weighted by molar-refractivity contribution is -0.156. The number of morpholine rings is 1. The van der Waals surface area contributed by atoms with Crippen LogP contribution in [-0.4, -0.2) is 70.2 Å². The third-order valence-electron chi connectivity index (χ3n) is 7.22. The van der Waals surface area contributed by atoms with Crippen molar-refractivity contribution in [3.63, 3.8) is 0 Å². The quantitative estimate of drug-likeness (QED) is 0.566. The Morgan fingerprint density at radius 1 is 1.36 bits per heavy atom. The van der Waals surface area contributed by atoms with Crippen molar-refractivity contribution in [3.8, 4) is 11.4 Å². The lowest BCUT2D eigenvalue weighted by Gasteiger charge is -2.35. The number of ether oxygens (including phenoxy) is 1. The molecule has 1 amide bonds. The summed E-state index contributed by atoms with van der Waals surface area (Å²) in [6.07, 6.45) is 2.36. The van der Waals surface area contributed by atoms with Crippen molar-refractivity contribution in [1.29, 1.82) is 0 Å². The Hall–Kier alpha value is -2.68. The standard InChI is InChI=1S/C25H33N5O3/c1-15(30-9-10-33-22(31)14-30)24(32)29(4)17-6-5-16-11-20(26-19(16)12-17)23-18-7-8-25(2,3)13-21(18)27-28-23/h5-6,11-12,15,22,26,31H,7-10,13-14H2,1-4H3,(H,27,28). The Kier molecular flexibility index (Phi) is 5.55. The molecule has 1 fully saturated rings. The molecule has 3 N–H and O–H groups in total. The van der Waals surface area contributed by atoms with E-state index in [4.69, 9.17) is 4.74 Å². The minimum atomic E-state index is -0.841. The van der Waals surface area contributed by atoms with E-state index in [2.05, 4.69) is 35.1 Å². The summed E-state index contributed by atoms with van der Waals surface area (Å²) in [7, 11) is 1.80. The number of aromatic nitrogens is 3. The highest BCUT2D eigenvalue weighted by Crippen LogP contribution is 2.38. The van der Waals surface area contributed by atoms with Gasteiger partial charge in [-0.25, -0.2) is 0 Å². The van der Waals surface area contributed by atoms with Crippen LogP contribution in [0, 0.1) is 5.41 Å². The largest absolute Gasteiger partial charge is 0.367 e. The zero-order valence-corrected chi connectivity index (χ0v) is 19.8. The number of benzene rings is 1. The fourth-order valence-corrected chi connectivity index (χ4v) is 5.09. The summed E-state index contributed by atoms with van der Waals surface area (Å²) in [5, 5.41) is 18.8. The molecule has 3 heterocycles. The fourth-order valence-electron chi connectivity index (χ4n) is 5.09. The zero-order chi connectivity index (χ0) is 23.3. The molecule has 5 rings (SSSR count). The van der Waals surface area contributed by atoms with Gasteiger partial charge < -0.3 is 19.7 Å². The van der Waals surface area contributed by atoms with Crippen LogP contribution in [0.2, 0.25) is 0 Å². The molecule has 0 saturated carbocycles. The van der Waals surface area contributed by atoms with E-state index in [0.717, 1.165) is 47.2 Å². The molecule has 1 aromatic carbocycles. The van der Waals surface area contributed by atoms with Crippen molar-refractivity contribution in [3.05, 3.63) is 35.5 Å². The number of hydrogen-bond donors (Lipinski definition) is 3. The number of nitrogens with zero attached hydrogens (tertiary/aromatic N) is 3. The minimum absolute atomic E-state index is 0.0146. The van der Waals surface area contributed by atoms with Crippen molar-refractivity contribution >= 4 is 22.5 Å². The Bertz CT molecular complexity index is 1180. The average Bonchev–Trinajstić information content (AvgIpc) is 3.39. The number of carbonyl (C=O) groups is 1. The molecule has 2 unspecified atom stereocenters. The monoisotopic (exact) mass is 451 g/mol. The van der Waals surface area contributed by atoms with Gasteiger partial charge in [0.05, 0.1) is 24.9 Å². The molecule has 8 heteroatoms. The Balaban J connectivity index is 1.38. The highest BCUT2D eigenvalue weighted by Gasteiger charge is 2.30. The predicted molar refractivity (Wildman–Crippen MR) is 128 cm³/mol. The fraction of sp³-hybridized carbons (Fsp3) is 0.520. The first-order chi connectivity index (χ1) is 15.7. The highest BCUT2D eigenvalue weighted by atomic mass is 16.6. The van der Waals surface area contributed by atoms with Crippen LogP contribution in [0.15, 0.2) is 24.3 Å². The van der Waals surface area contributed by atoms with Gasteiger partial charge in [0, 0.05) is 41.4 Å². The minimum Gasteiger partial charge on any atom is -0.367 e. The third-order valence-corrected chi connectivity index (χ3v) is 7.22. The second-order valence-corrected chi connectivity index (χ2v) is 10.2. The van der Waals surface area contributed by atoms with Gasteiger partial charge in [0.2, 0.25) is 5.91 Å². The molecule has 0 bridgehead atoms. The molecule has 3 aromatic rings. The lowest BCUT2D eigenvalue weighted by atomic mass is 9.76. The summed E-state index contributed by atoms with van der Waals surface area (Å²) in [4.78, 5) is 20.3. The normalized spacial score (nSPS) is 21.7. The highest BCUT2D eigenvalue weighted by molar-refractivity contribution is 5.98. The smallest absolute Gasteiger partial charge is 0.243 e. The number of aliphatic hydroxyl groups excluding tert-OH is 1. The van der Waals surface area contributed by atoms with E-state index >= 15 is 0 Å². The molecular formula is C25H33N5O3. The number of H-pyrrole nitrogens is 2. The summed E-state index contributed by atoms with van der Waals surface area (Å²) < 4.78 is 5.19. The number of β-amino-alcohol motifs (C(OH)–C–C–N with tert-alkyl or cyclic N) is 1. The van der Waals surface area contributed by atoms with Crippen LogP contribution in [0.25, 0.3) is 22.3 Å². The molecule has 8 nitrogen and oxygen atoms in total. The Labute approximate surface area is 193 Å². The third kappa shape index (κ3) is 4.18. The molecule has 0 spiro atoms. The first-order valence-electron chi connectivity index (χ1n) is 11.7. The summed E-state index contributed by atoms with van der Waals surface area (Å²) in [5.74, 6) is -0.0146. The second-order valence-electron chi connectivity index (χ2n) is 10.2. The van der Waals surface area contributed by atoms with Crippen LogP contribution in [0.5, 0.6) is 0 Å². The Morgan fingerprint density at radius 2 is 2.18 bits per heavy atom. The lowest BCUT2D eigenvalue weighted by Crippen LogP contribution is -2.52. The van der Waals surface area contributed by atoms with Crippen LogP contribution >= 0.6 is 0 Å². The Morgan fingerprint density at radius 3 is 2.97 bits per heavy atom. The summed E-state index contributed by atoms with van der Waals surface area (Å²) >= 11 is 0. The molecule has 1 aliphatic carbocycles. The van der Waals surface area contributed by atoms with Crippen molar-refractivity contribution < 1.29 is 14.6 Å². The maximum Gasteiger partial charge on any atom is 0.243 e. The zero-order valence-electron chi connectivity index (χ0n) is 19.8. The van der Waals surface area contributed by atoms with Gasteiger partial charge in [-0.05, 0) is 49.8 Å². The van der Waals surface area contributed by atoms with E-state index < -0.39 is 6.29 Å². The number of aromatic amines is 2. The number of aliphatic hydroxyl groups is 1. The van der Waals surface area contributed by atoms with Gasteiger partial charge in [0.15, 0.2) is 6.29 Å². The first kappa shape index (κ1) is 22.1. The number of nitrogens with one attached hydrogen (secondary N) is 2. The second kappa shape index (κ2) is 8.27. The summed E-state index contributed by atoms with van der Waals surface area (Å²) in [5.41, 5.74) is 6.67. The van der Waals surface area contributed by atoms with Crippen molar-refractivity contribution in [1.82, 2.24) is 20.1 Å². The average molecular weight is 452 g/mol. The predicted octanol–water partition coefficient (Wildman–Crippen LogP) is 3.07. The molecule has 1 aliphatic heterocycles. The number of rotatable bonds is 4. The van der Waals surface area contributed by atoms with Crippen LogP contribution in [-0.2, 0) is 22.4 Å². The molecule has 2 atom stereocenters. The van der Waals surface area contributed by atoms with Gasteiger partial charge in [-0.3, -0.25) is 14.8 Å². The van der Waals surface area contributed by atoms with Crippen molar-refractivity contribution in [2.75, 3.05) is 31.6 Å². The number of carbonyl (C=O) groups excluding carboxylic acids is 1. The van der Waals surface area contributed by atoms with Crippen molar-refractivity contribution in [2.24, 2.45) is 5.41 Å². The maximum absolute atomic E-state index is 13.1. The molecule has 2 aromatic heterocycles. The van der Waals surface area contributed by atoms with Crippen molar-refractivity contribution in [2.45, 2.75) is 52.4 Å². The number of fused-ring (bicyclic) bond motifs is 2. The number of likely N-dealkylation sites (N-methyl/N-ethyl adjacent to an activating group) is 1. The van der Waals surface area contributed by atoms with Crippen LogP contribution in [0.3, 0.4) is 0 Å². The first-order valence-corrected chi connectivity index (χ1v) is 11.7. The van der Waals surface area contributed by atoms with Gasteiger partial charge in [-0.15, -0.1) is 0 Å². The van der Waals surface area contributed by atoms with E-state index in [1.54, 1.807) is 11.9 Å². The molecule has 0 radical (unpaired) electrons. The van der Waals surface area contributed by atoms with Crippen LogP contribution < -0.4 is 4.90 Å². The molecular weight excluding hydrogens is 418 g/mol. The molecule has 2 aliphatic rings. The van der Waals surface area contributed by atoms with Gasteiger partial charge in [0.1, 0.15) is 5.69 Å². The number of anilines is 1. The summed E-state index contributed by atoms with van der Waals surface area (Å²) in [6, 6.07) is 7.82. The van der Waals surface area contributed by atoms with E-state index in [0.29, 0.717) is 25.1 Å². The maximum atomic E-state index is 13.1. The molecule has 1 saturated heterocycles. The summed E-state index contributed by atoms with van der Waals surface area (Å²) in [6.45, 7) is 7.88. The molecule has 176 valence electrons. The molecule has 33 heavy (non-hydrogen) atoms. The SMILES string of the molecule is CC(C(=O)N(C)c1ccc2cc(-c3n[nH]c4c3CCC(C)(C)C4)[nH]c2c1)N1CCOC(O)C1. The van der Waals surface area contributed by atoms with E-state index in [-0.39, 0.29) is 11.9 Å². The number of hydrogen-bond acceptors (Lipinski definition) is 5. The van der Waals surface area contributed by atoms with E-state index in [9.17, 15) is 9.90 Å². The van der Waals surface area contributed by atoms with Gasteiger partial charge in [-0.2, -0.15) is 5.10 Å².